The maximum absolute atomic E-state index is 12.3. The van der Waals surface area contributed by atoms with Crippen LogP contribution in [0.3, 0.4) is 0 Å². The Morgan fingerprint density at radius 3 is 2.59 bits per heavy atom. The zero-order valence-corrected chi connectivity index (χ0v) is 13.0. The number of carbonyl (C=O) groups excluding carboxylic acids is 2. The van der Waals surface area contributed by atoms with Gasteiger partial charge in [-0.05, 0) is 51.0 Å². The highest BCUT2D eigenvalue weighted by atomic mass is 16.5. The Kier molecular flexibility index (Phi) is 4.60. The van der Waals surface area contributed by atoms with Gasteiger partial charge in [-0.25, -0.2) is 4.79 Å². The Morgan fingerprint density at radius 2 is 1.95 bits per heavy atom. The minimum absolute atomic E-state index is 0.000761. The molecule has 0 spiro atoms. The summed E-state index contributed by atoms with van der Waals surface area (Å²) in [5.41, 5.74) is 3.09. The Labute approximate surface area is 128 Å². The number of carbonyl (C=O) groups is 2. The van der Waals surface area contributed by atoms with Crippen molar-refractivity contribution in [3.63, 3.8) is 0 Å². The molecule has 6 nitrogen and oxygen atoms in total. The van der Waals surface area contributed by atoms with Crippen molar-refractivity contribution in [2.75, 3.05) is 11.9 Å². The predicted molar refractivity (Wildman–Crippen MR) is 81.1 cm³/mol. The van der Waals surface area contributed by atoms with Crippen LogP contribution >= 0.6 is 0 Å². The number of esters is 1. The molecule has 0 aliphatic rings. The number of hydrogen-bond acceptors (Lipinski definition) is 5. The lowest BCUT2D eigenvalue weighted by Gasteiger charge is -2.06. The van der Waals surface area contributed by atoms with Crippen LogP contribution in [0.5, 0.6) is 0 Å². The molecule has 1 heterocycles. The summed E-state index contributed by atoms with van der Waals surface area (Å²) in [6.07, 6.45) is 0. The second-order valence-electron chi connectivity index (χ2n) is 4.95. The van der Waals surface area contributed by atoms with Gasteiger partial charge in [0.25, 0.3) is 5.91 Å². The van der Waals surface area contributed by atoms with Crippen molar-refractivity contribution in [2.45, 2.75) is 27.7 Å². The van der Waals surface area contributed by atoms with Gasteiger partial charge in [-0.15, -0.1) is 0 Å². The first kappa shape index (κ1) is 15.8. The highest BCUT2D eigenvalue weighted by Gasteiger charge is 2.23. The third-order valence-electron chi connectivity index (χ3n) is 3.34. The van der Waals surface area contributed by atoms with E-state index in [9.17, 15) is 9.59 Å². The number of nitrogens with one attached hydrogen (secondary N) is 1. The number of ether oxygens (including phenoxy) is 1. The van der Waals surface area contributed by atoms with Gasteiger partial charge < -0.3 is 9.26 Å². The summed E-state index contributed by atoms with van der Waals surface area (Å²) in [5, 5.41) is 6.27. The monoisotopic (exact) mass is 302 g/mol. The molecule has 0 fully saturated rings. The second-order valence-corrected chi connectivity index (χ2v) is 4.95. The van der Waals surface area contributed by atoms with Gasteiger partial charge in [0.2, 0.25) is 5.88 Å². The number of hydrogen-bond donors (Lipinski definition) is 1. The molecule has 0 bridgehead atoms. The molecule has 116 valence electrons. The standard InChI is InChI=1S/C16H18N2O4/c1-5-21-16(20)13-11(4)18-22-15(13)17-14(19)12-7-6-9(2)10(3)8-12/h6-8H,5H2,1-4H3,(H,17,19). The summed E-state index contributed by atoms with van der Waals surface area (Å²) in [4.78, 5) is 24.2. The maximum Gasteiger partial charge on any atom is 0.345 e. The van der Waals surface area contributed by atoms with E-state index in [1.165, 1.54) is 0 Å². The van der Waals surface area contributed by atoms with Gasteiger partial charge in [0.1, 0.15) is 5.56 Å². The molecule has 1 aromatic carbocycles. The minimum atomic E-state index is -0.573. The molecule has 0 unspecified atom stereocenters. The molecule has 1 N–H and O–H groups in total. The molecule has 0 aliphatic heterocycles. The zero-order valence-electron chi connectivity index (χ0n) is 13.0. The average Bonchev–Trinajstić information content (AvgIpc) is 2.83. The fraction of sp³-hybridized carbons (Fsp3) is 0.312. The van der Waals surface area contributed by atoms with E-state index in [0.717, 1.165) is 11.1 Å². The van der Waals surface area contributed by atoms with Crippen LogP contribution in [0, 0.1) is 20.8 Å². The van der Waals surface area contributed by atoms with Crippen molar-refractivity contribution >= 4 is 17.8 Å². The molecule has 0 atom stereocenters. The molecule has 1 amide bonds. The quantitative estimate of drug-likeness (QED) is 0.878. The van der Waals surface area contributed by atoms with Gasteiger partial charge in [0.05, 0.1) is 12.3 Å². The van der Waals surface area contributed by atoms with Crippen molar-refractivity contribution in [3.05, 3.63) is 46.1 Å². The number of rotatable bonds is 4. The third-order valence-corrected chi connectivity index (χ3v) is 3.34. The van der Waals surface area contributed by atoms with Gasteiger partial charge >= 0.3 is 5.97 Å². The molecule has 1 aromatic heterocycles. The molecule has 0 saturated carbocycles. The average molecular weight is 302 g/mol. The maximum atomic E-state index is 12.3. The minimum Gasteiger partial charge on any atom is -0.462 e. The fourth-order valence-electron chi connectivity index (χ4n) is 1.96. The first-order valence-corrected chi connectivity index (χ1v) is 6.96. The number of benzene rings is 1. The van der Waals surface area contributed by atoms with Crippen molar-refractivity contribution in [2.24, 2.45) is 0 Å². The lowest BCUT2D eigenvalue weighted by molar-refractivity contribution is 0.0526. The number of amides is 1. The van der Waals surface area contributed by atoms with Crippen LogP contribution in [0.1, 0.15) is 44.5 Å². The summed E-state index contributed by atoms with van der Waals surface area (Å²) < 4.78 is 9.97. The van der Waals surface area contributed by atoms with Crippen molar-refractivity contribution in [1.82, 2.24) is 5.16 Å². The van der Waals surface area contributed by atoms with E-state index >= 15 is 0 Å². The van der Waals surface area contributed by atoms with Crippen LogP contribution in [-0.4, -0.2) is 23.6 Å². The highest BCUT2D eigenvalue weighted by molar-refractivity contribution is 6.07. The molecule has 2 aromatic rings. The van der Waals surface area contributed by atoms with Crippen LogP contribution in [0.4, 0.5) is 5.88 Å². The Balaban J connectivity index is 2.25. The number of aryl methyl sites for hydroxylation is 3. The normalized spacial score (nSPS) is 10.4. The Morgan fingerprint density at radius 1 is 1.23 bits per heavy atom. The molecule has 2 rings (SSSR count). The van der Waals surface area contributed by atoms with Crippen LogP contribution in [0.15, 0.2) is 22.7 Å². The molecule has 22 heavy (non-hydrogen) atoms. The van der Waals surface area contributed by atoms with E-state index in [1.807, 2.05) is 19.9 Å². The van der Waals surface area contributed by atoms with Crippen molar-refractivity contribution < 1.29 is 18.8 Å². The largest absolute Gasteiger partial charge is 0.462 e. The summed E-state index contributed by atoms with van der Waals surface area (Å²) in [6, 6.07) is 5.35. The lowest BCUT2D eigenvalue weighted by Crippen LogP contribution is -2.15. The van der Waals surface area contributed by atoms with E-state index in [1.54, 1.807) is 26.0 Å². The Bertz CT molecular complexity index is 719. The first-order valence-electron chi connectivity index (χ1n) is 6.96. The van der Waals surface area contributed by atoms with Gasteiger partial charge in [-0.1, -0.05) is 11.2 Å². The summed E-state index contributed by atoms with van der Waals surface area (Å²) in [5.74, 6) is -0.944. The zero-order chi connectivity index (χ0) is 16.3. The summed E-state index contributed by atoms with van der Waals surface area (Å²) in [6.45, 7) is 7.44. The van der Waals surface area contributed by atoms with Gasteiger partial charge in [-0.2, -0.15) is 0 Å². The van der Waals surface area contributed by atoms with E-state index < -0.39 is 5.97 Å². The highest BCUT2D eigenvalue weighted by Crippen LogP contribution is 2.21. The smallest absolute Gasteiger partial charge is 0.345 e. The van der Waals surface area contributed by atoms with Crippen molar-refractivity contribution in [3.8, 4) is 0 Å². The van der Waals surface area contributed by atoms with Crippen LogP contribution in [0.2, 0.25) is 0 Å². The van der Waals surface area contributed by atoms with Gasteiger partial charge in [0, 0.05) is 5.56 Å². The molecule has 0 saturated heterocycles. The first-order chi connectivity index (χ1) is 10.4. The van der Waals surface area contributed by atoms with E-state index in [-0.39, 0.29) is 24.0 Å². The molecule has 0 aliphatic carbocycles. The van der Waals surface area contributed by atoms with Gasteiger partial charge in [0.15, 0.2) is 0 Å². The predicted octanol–water partition coefficient (Wildman–Crippen LogP) is 3.03. The van der Waals surface area contributed by atoms with E-state index in [2.05, 4.69) is 10.5 Å². The number of aromatic nitrogens is 1. The van der Waals surface area contributed by atoms with Crippen LogP contribution in [-0.2, 0) is 4.74 Å². The third kappa shape index (κ3) is 3.16. The second kappa shape index (κ2) is 6.43. The summed E-state index contributed by atoms with van der Waals surface area (Å²) in [7, 11) is 0. The number of anilines is 1. The molecular weight excluding hydrogens is 284 g/mol. The van der Waals surface area contributed by atoms with E-state index in [4.69, 9.17) is 9.26 Å². The number of nitrogens with zero attached hydrogens (tertiary/aromatic N) is 1. The van der Waals surface area contributed by atoms with Crippen LogP contribution < -0.4 is 5.32 Å². The lowest BCUT2D eigenvalue weighted by atomic mass is 10.1. The fourth-order valence-corrected chi connectivity index (χ4v) is 1.96. The molecule has 6 heteroatoms. The molecular formula is C16H18N2O4. The van der Waals surface area contributed by atoms with Gasteiger partial charge in [-0.3, -0.25) is 10.1 Å². The summed E-state index contributed by atoms with van der Waals surface area (Å²) >= 11 is 0. The SMILES string of the molecule is CCOC(=O)c1c(C)noc1NC(=O)c1ccc(C)c(C)c1. The van der Waals surface area contributed by atoms with E-state index in [0.29, 0.717) is 11.3 Å². The van der Waals surface area contributed by atoms with Crippen LogP contribution in [0.25, 0.3) is 0 Å². The molecule has 0 radical (unpaired) electrons. The Hall–Kier alpha value is -2.63. The van der Waals surface area contributed by atoms with Crippen molar-refractivity contribution in [1.29, 1.82) is 0 Å². The topological polar surface area (TPSA) is 81.4 Å².